The Balaban J connectivity index is 1.66. The molecule has 0 aromatic heterocycles. The van der Waals surface area contributed by atoms with E-state index >= 15 is 0 Å². The minimum Gasteiger partial charge on any atom is -0.497 e. The van der Waals surface area contributed by atoms with E-state index in [2.05, 4.69) is 0 Å². The summed E-state index contributed by atoms with van der Waals surface area (Å²) < 4.78 is 45.1. The van der Waals surface area contributed by atoms with Crippen molar-refractivity contribution in [2.45, 2.75) is 52.7 Å². The molecule has 1 aliphatic carbocycles. The van der Waals surface area contributed by atoms with Crippen molar-refractivity contribution in [3.05, 3.63) is 84.0 Å². The fourth-order valence-corrected chi connectivity index (χ4v) is 5.98. The number of rotatable bonds is 16. The molecule has 0 radical (unpaired) electrons. The molecule has 0 N–H and O–H groups in total. The van der Waals surface area contributed by atoms with Crippen LogP contribution in [0.1, 0.15) is 45.6 Å². The molecule has 9 nitrogen and oxygen atoms in total. The maximum absolute atomic E-state index is 13.6. The Morgan fingerprint density at radius 3 is 2.33 bits per heavy atom. The molecule has 0 aliphatic heterocycles. The molecular weight excluding hydrogens is 556 g/mol. The van der Waals surface area contributed by atoms with Crippen molar-refractivity contribution in [3.8, 4) is 11.5 Å². The van der Waals surface area contributed by atoms with Crippen molar-refractivity contribution < 1.29 is 32.2 Å². The summed E-state index contributed by atoms with van der Waals surface area (Å²) in [5.74, 6) is 0.573. The second-order valence-electron chi connectivity index (χ2n) is 10.3. The van der Waals surface area contributed by atoms with E-state index in [1.165, 1.54) is 9.21 Å². The molecule has 0 fully saturated rings. The van der Waals surface area contributed by atoms with E-state index in [0.29, 0.717) is 23.5 Å². The van der Waals surface area contributed by atoms with Gasteiger partial charge in [0.05, 0.1) is 7.11 Å². The highest BCUT2D eigenvalue weighted by molar-refractivity contribution is 7.89. The molecule has 2 atom stereocenters. The average Bonchev–Trinajstić information content (AvgIpc) is 2.99. The molecule has 1 aliphatic rings. The lowest BCUT2D eigenvalue weighted by Crippen LogP contribution is -2.45. The predicted octanol–water partition coefficient (Wildman–Crippen LogP) is 5.58. The fourth-order valence-electron chi connectivity index (χ4n) is 4.38. The van der Waals surface area contributed by atoms with E-state index < -0.39 is 28.1 Å². The van der Waals surface area contributed by atoms with Gasteiger partial charge < -0.3 is 14.2 Å². The van der Waals surface area contributed by atoms with Gasteiger partial charge in [0, 0.05) is 25.2 Å². The fraction of sp³-hybridized carbons (Fsp3) is 0.438. The van der Waals surface area contributed by atoms with E-state index in [1.54, 1.807) is 49.6 Å². The molecule has 0 spiro atoms. The summed E-state index contributed by atoms with van der Waals surface area (Å²) in [7, 11) is -2.32. The number of Topliss-reactive ketones (excluding diaryl/α,β-unsaturated/α-hetero) is 1. The van der Waals surface area contributed by atoms with E-state index in [9.17, 15) is 18.0 Å². The van der Waals surface area contributed by atoms with E-state index in [-0.39, 0.29) is 44.4 Å². The molecule has 228 valence electrons. The maximum Gasteiger partial charge on any atom is 0.411 e. The molecule has 3 rings (SSSR count). The first-order chi connectivity index (χ1) is 20.2. The zero-order valence-corrected chi connectivity index (χ0v) is 25.7. The van der Waals surface area contributed by atoms with Gasteiger partial charge in [-0.2, -0.15) is 0 Å². The number of carbonyl (C=O) groups excluding carboxylic acids is 2. The minimum absolute atomic E-state index is 0.0545. The van der Waals surface area contributed by atoms with Crippen LogP contribution in [0.3, 0.4) is 0 Å². The average molecular weight is 599 g/mol. The maximum atomic E-state index is 13.6. The van der Waals surface area contributed by atoms with Crippen molar-refractivity contribution >= 4 is 21.9 Å². The lowest BCUT2D eigenvalue weighted by Gasteiger charge is -2.29. The Morgan fingerprint density at radius 2 is 1.69 bits per heavy atom. The number of benzene rings is 2. The van der Waals surface area contributed by atoms with Crippen molar-refractivity contribution in [1.29, 1.82) is 0 Å². The van der Waals surface area contributed by atoms with E-state index in [1.807, 2.05) is 51.1 Å². The van der Waals surface area contributed by atoms with E-state index in [0.717, 1.165) is 12.0 Å². The lowest BCUT2D eigenvalue weighted by molar-refractivity contribution is -0.120. The van der Waals surface area contributed by atoms with Gasteiger partial charge in [-0.25, -0.2) is 17.5 Å². The molecule has 2 unspecified atom stereocenters. The highest BCUT2D eigenvalue weighted by Gasteiger charge is 2.30. The van der Waals surface area contributed by atoms with Gasteiger partial charge in [0.25, 0.3) is 0 Å². The Bertz CT molecular complexity index is 1320. The highest BCUT2D eigenvalue weighted by Crippen LogP contribution is 2.23. The third-order valence-electron chi connectivity index (χ3n) is 6.99. The number of carbonyl (C=O) groups is 2. The van der Waals surface area contributed by atoms with Gasteiger partial charge in [-0.1, -0.05) is 69.7 Å². The normalized spacial score (nSPS) is 15.7. The highest BCUT2D eigenvalue weighted by atomic mass is 32.2. The van der Waals surface area contributed by atoms with Crippen LogP contribution in [0.25, 0.3) is 0 Å². The number of ketones is 1. The SMILES string of the molecule is CCCN(CCC1=CC=CC(Oc2ccc(OC)cc2)C1=O)S(=O)(=O)CN(CC(C)CC)C(=O)OCc1ccccc1. The number of hydrogen-bond acceptors (Lipinski definition) is 7. The summed E-state index contributed by atoms with van der Waals surface area (Å²) in [6.07, 6.45) is 5.22. The number of methoxy groups -OCH3 is 1. The van der Waals surface area contributed by atoms with Gasteiger partial charge >= 0.3 is 6.09 Å². The van der Waals surface area contributed by atoms with Crippen molar-refractivity contribution in [2.75, 3.05) is 32.6 Å². The summed E-state index contributed by atoms with van der Waals surface area (Å²) >= 11 is 0. The summed E-state index contributed by atoms with van der Waals surface area (Å²) in [5.41, 5.74) is 1.30. The van der Waals surface area contributed by atoms with Gasteiger partial charge in [0.2, 0.25) is 15.8 Å². The Morgan fingerprint density at radius 1 is 1.00 bits per heavy atom. The van der Waals surface area contributed by atoms with Crippen molar-refractivity contribution in [2.24, 2.45) is 5.92 Å². The molecule has 0 saturated heterocycles. The molecule has 0 bridgehead atoms. The zero-order valence-electron chi connectivity index (χ0n) is 24.9. The number of ether oxygens (including phenoxy) is 3. The van der Waals surface area contributed by atoms with E-state index in [4.69, 9.17) is 14.2 Å². The second kappa shape index (κ2) is 16.1. The summed E-state index contributed by atoms with van der Waals surface area (Å²) in [6, 6.07) is 16.2. The van der Waals surface area contributed by atoms with Crippen molar-refractivity contribution in [3.63, 3.8) is 0 Å². The van der Waals surface area contributed by atoms with Gasteiger partial charge in [0.15, 0.2) is 6.10 Å². The number of sulfonamides is 1. The number of allylic oxidation sites excluding steroid dienone is 2. The van der Waals surface area contributed by atoms with Crippen LogP contribution in [0.4, 0.5) is 4.79 Å². The monoisotopic (exact) mass is 598 g/mol. The quantitative estimate of drug-likeness (QED) is 0.249. The molecule has 0 saturated carbocycles. The number of amides is 1. The molecule has 2 aromatic rings. The molecule has 0 heterocycles. The second-order valence-corrected chi connectivity index (χ2v) is 12.3. The van der Waals surface area contributed by atoms with Crippen LogP contribution in [-0.2, 0) is 26.2 Å². The van der Waals surface area contributed by atoms with Crippen LogP contribution in [0.2, 0.25) is 0 Å². The largest absolute Gasteiger partial charge is 0.497 e. The first-order valence-electron chi connectivity index (χ1n) is 14.3. The van der Waals surface area contributed by atoms with Gasteiger partial charge in [-0.3, -0.25) is 9.69 Å². The lowest BCUT2D eigenvalue weighted by atomic mass is 9.98. The number of hydrogen-bond donors (Lipinski definition) is 0. The summed E-state index contributed by atoms with van der Waals surface area (Å²) in [5, 5.41) is 0. The van der Waals surface area contributed by atoms with Crippen LogP contribution in [0.15, 0.2) is 78.4 Å². The molecule has 42 heavy (non-hydrogen) atoms. The van der Waals surface area contributed by atoms with Crippen LogP contribution in [-0.4, -0.2) is 68.2 Å². The minimum atomic E-state index is -3.89. The molecule has 2 aromatic carbocycles. The Hall–Kier alpha value is -3.63. The van der Waals surface area contributed by atoms with Gasteiger partial charge in [-0.15, -0.1) is 0 Å². The van der Waals surface area contributed by atoms with Gasteiger partial charge in [-0.05, 0) is 54.7 Å². The molecule has 10 heteroatoms. The number of nitrogens with zero attached hydrogens (tertiary/aromatic N) is 2. The summed E-state index contributed by atoms with van der Waals surface area (Å²) in [6.45, 7) is 6.52. The zero-order chi connectivity index (χ0) is 30.5. The third-order valence-corrected chi connectivity index (χ3v) is 8.78. The van der Waals surface area contributed by atoms with Crippen LogP contribution < -0.4 is 9.47 Å². The summed E-state index contributed by atoms with van der Waals surface area (Å²) in [4.78, 5) is 27.5. The predicted molar refractivity (Wildman–Crippen MR) is 163 cm³/mol. The van der Waals surface area contributed by atoms with Gasteiger partial charge in [0.1, 0.15) is 24.0 Å². The third kappa shape index (κ3) is 9.73. The molecular formula is C32H42N2O7S. The van der Waals surface area contributed by atoms with Crippen molar-refractivity contribution in [1.82, 2.24) is 9.21 Å². The smallest absolute Gasteiger partial charge is 0.411 e. The topological polar surface area (TPSA) is 102 Å². The standard InChI is InChI=1S/C32H42N2O7S/c1-5-20-34(21-19-27-13-10-14-30(31(27)35)41-29-17-15-28(39-4)16-18-29)42(37,38)24-33(22-25(3)6-2)32(36)40-23-26-11-8-7-9-12-26/h7-18,25,30H,5-6,19-24H2,1-4H3. The molecule has 1 amide bonds. The van der Waals surface area contributed by atoms with Crippen LogP contribution in [0, 0.1) is 5.92 Å². The van der Waals surface area contributed by atoms with Crippen LogP contribution >= 0.6 is 0 Å². The first-order valence-corrected chi connectivity index (χ1v) is 15.9. The Kier molecular flexibility index (Phi) is 12.6. The first kappa shape index (κ1) is 32.9. The Labute approximate surface area is 249 Å². The van der Waals surface area contributed by atoms with Crippen LogP contribution in [0.5, 0.6) is 11.5 Å².